The zero-order chi connectivity index (χ0) is 19.3. The van der Waals surface area contributed by atoms with Crippen LogP contribution in [0.15, 0.2) is 53.4 Å². The third-order valence-corrected chi connectivity index (χ3v) is 6.27. The van der Waals surface area contributed by atoms with Gasteiger partial charge in [0, 0.05) is 18.8 Å². The molecule has 8 heteroatoms. The van der Waals surface area contributed by atoms with E-state index in [0.717, 1.165) is 12.8 Å². The lowest BCUT2D eigenvalue weighted by molar-refractivity contribution is -0.114. The highest BCUT2D eigenvalue weighted by Crippen LogP contribution is 2.24. The van der Waals surface area contributed by atoms with Gasteiger partial charge in [0.05, 0.1) is 24.2 Å². The molecule has 7 nitrogen and oxygen atoms in total. The third-order valence-electron chi connectivity index (χ3n) is 4.37. The molecule has 0 spiro atoms. The monoisotopic (exact) mass is 389 g/mol. The molecule has 0 atom stereocenters. The number of carbonyl (C=O) groups excluding carboxylic acids is 1. The van der Waals surface area contributed by atoms with Crippen LogP contribution in [0.4, 0.5) is 11.4 Å². The van der Waals surface area contributed by atoms with Crippen LogP contribution in [-0.2, 0) is 14.8 Å². The standard InChI is InChI=1S/C19H23N3O4S/c1-26-18-10-3-2-9-17(18)21-19(23)14-20-15-7-6-8-16(13-15)27(24,25)22-11-4-5-12-22/h2-3,6-10,13,20H,4-5,11-12,14H2,1H3,(H,21,23). The molecule has 2 aromatic rings. The summed E-state index contributed by atoms with van der Waals surface area (Å²) in [5, 5.41) is 5.74. The normalized spacial score (nSPS) is 14.7. The molecule has 1 heterocycles. The second-order valence-electron chi connectivity index (χ2n) is 6.24. The van der Waals surface area contributed by atoms with Gasteiger partial charge in [-0.15, -0.1) is 0 Å². The fourth-order valence-corrected chi connectivity index (χ4v) is 4.53. The number of methoxy groups -OCH3 is 1. The number of carbonyl (C=O) groups is 1. The van der Waals surface area contributed by atoms with Crippen molar-refractivity contribution in [2.45, 2.75) is 17.7 Å². The molecule has 1 saturated heterocycles. The van der Waals surface area contributed by atoms with Crippen molar-refractivity contribution in [3.8, 4) is 5.75 Å². The predicted molar refractivity (Wildman–Crippen MR) is 105 cm³/mol. The molecule has 3 rings (SSSR count). The number of para-hydroxylation sites is 2. The summed E-state index contributed by atoms with van der Waals surface area (Å²) in [5.74, 6) is 0.317. The minimum absolute atomic E-state index is 0.00522. The summed E-state index contributed by atoms with van der Waals surface area (Å²) in [4.78, 5) is 12.4. The Balaban J connectivity index is 1.64. The molecular weight excluding hydrogens is 366 g/mol. The molecule has 0 saturated carbocycles. The van der Waals surface area contributed by atoms with Crippen molar-refractivity contribution in [1.82, 2.24) is 4.31 Å². The van der Waals surface area contributed by atoms with E-state index in [4.69, 9.17) is 4.74 Å². The van der Waals surface area contributed by atoms with Gasteiger partial charge in [0.15, 0.2) is 0 Å². The fraction of sp³-hybridized carbons (Fsp3) is 0.316. The van der Waals surface area contributed by atoms with Crippen molar-refractivity contribution in [2.24, 2.45) is 0 Å². The summed E-state index contributed by atoms with van der Waals surface area (Å²) < 4.78 is 32.0. The summed E-state index contributed by atoms with van der Waals surface area (Å²) >= 11 is 0. The molecule has 1 aliphatic rings. The molecule has 0 aliphatic carbocycles. The summed E-state index contributed by atoms with van der Waals surface area (Å²) in [7, 11) is -1.94. The second-order valence-corrected chi connectivity index (χ2v) is 8.18. The minimum Gasteiger partial charge on any atom is -0.495 e. The number of nitrogens with zero attached hydrogens (tertiary/aromatic N) is 1. The number of nitrogens with one attached hydrogen (secondary N) is 2. The van der Waals surface area contributed by atoms with Crippen LogP contribution in [0.3, 0.4) is 0 Å². The lowest BCUT2D eigenvalue weighted by Gasteiger charge is -2.16. The van der Waals surface area contributed by atoms with Gasteiger partial charge in [-0.3, -0.25) is 4.79 Å². The van der Waals surface area contributed by atoms with Crippen LogP contribution in [0.1, 0.15) is 12.8 Å². The molecule has 0 unspecified atom stereocenters. The van der Waals surface area contributed by atoms with E-state index in [0.29, 0.717) is 30.2 Å². The number of hydrogen-bond acceptors (Lipinski definition) is 5. The quantitative estimate of drug-likeness (QED) is 0.760. The summed E-state index contributed by atoms with van der Waals surface area (Å²) in [6.45, 7) is 1.12. The van der Waals surface area contributed by atoms with Crippen LogP contribution in [0, 0.1) is 0 Å². The first-order chi connectivity index (χ1) is 13.0. The molecule has 0 bridgehead atoms. The number of benzene rings is 2. The number of anilines is 2. The van der Waals surface area contributed by atoms with Crippen molar-refractivity contribution in [3.05, 3.63) is 48.5 Å². The maximum absolute atomic E-state index is 12.6. The number of amides is 1. The number of hydrogen-bond donors (Lipinski definition) is 2. The van der Waals surface area contributed by atoms with Crippen LogP contribution in [0.2, 0.25) is 0 Å². The van der Waals surface area contributed by atoms with Crippen molar-refractivity contribution in [1.29, 1.82) is 0 Å². The number of sulfonamides is 1. The predicted octanol–water partition coefficient (Wildman–Crippen LogP) is 2.53. The first-order valence-electron chi connectivity index (χ1n) is 8.77. The third kappa shape index (κ3) is 4.58. The Bertz CT molecular complexity index is 909. The van der Waals surface area contributed by atoms with E-state index in [9.17, 15) is 13.2 Å². The summed E-state index contributed by atoms with van der Waals surface area (Å²) in [5.41, 5.74) is 1.16. The zero-order valence-corrected chi connectivity index (χ0v) is 16.0. The van der Waals surface area contributed by atoms with E-state index in [1.807, 2.05) is 6.07 Å². The fourth-order valence-electron chi connectivity index (χ4n) is 2.97. The average molecular weight is 389 g/mol. The molecule has 27 heavy (non-hydrogen) atoms. The van der Waals surface area contributed by atoms with E-state index in [1.165, 1.54) is 11.4 Å². The topological polar surface area (TPSA) is 87.7 Å². The van der Waals surface area contributed by atoms with E-state index in [2.05, 4.69) is 10.6 Å². The molecular formula is C19H23N3O4S. The highest BCUT2D eigenvalue weighted by molar-refractivity contribution is 7.89. The maximum atomic E-state index is 12.6. The summed E-state index contributed by atoms with van der Waals surface area (Å²) in [6.07, 6.45) is 1.78. The smallest absolute Gasteiger partial charge is 0.243 e. The summed E-state index contributed by atoms with van der Waals surface area (Å²) in [6, 6.07) is 13.7. The highest BCUT2D eigenvalue weighted by atomic mass is 32.2. The van der Waals surface area contributed by atoms with Gasteiger partial charge in [0.1, 0.15) is 5.75 Å². The van der Waals surface area contributed by atoms with Crippen molar-refractivity contribution in [3.63, 3.8) is 0 Å². The second kappa shape index (κ2) is 8.41. The van der Waals surface area contributed by atoms with Crippen LogP contribution >= 0.6 is 0 Å². The lowest BCUT2D eigenvalue weighted by Crippen LogP contribution is -2.28. The number of rotatable bonds is 7. The molecule has 1 aliphatic heterocycles. The molecule has 0 radical (unpaired) electrons. The first-order valence-corrected chi connectivity index (χ1v) is 10.2. The molecule has 1 fully saturated rings. The Labute approximate surface area is 159 Å². The van der Waals surface area contributed by atoms with Crippen molar-refractivity contribution < 1.29 is 17.9 Å². The molecule has 2 N–H and O–H groups in total. The van der Waals surface area contributed by atoms with Gasteiger partial charge < -0.3 is 15.4 Å². The van der Waals surface area contributed by atoms with Gasteiger partial charge in [-0.25, -0.2) is 8.42 Å². The Kier molecular flexibility index (Phi) is 5.98. The van der Waals surface area contributed by atoms with Gasteiger partial charge in [0.25, 0.3) is 0 Å². The Morgan fingerprint density at radius 2 is 1.85 bits per heavy atom. The van der Waals surface area contributed by atoms with Gasteiger partial charge in [-0.05, 0) is 43.2 Å². The van der Waals surface area contributed by atoms with E-state index in [-0.39, 0.29) is 17.3 Å². The lowest BCUT2D eigenvalue weighted by atomic mass is 10.3. The van der Waals surface area contributed by atoms with Crippen molar-refractivity contribution in [2.75, 3.05) is 37.4 Å². The Morgan fingerprint density at radius 3 is 2.59 bits per heavy atom. The molecule has 1 amide bonds. The highest BCUT2D eigenvalue weighted by Gasteiger charge is 2.27. The number of ether oxygens (including phenoxy) is 1. The van der Waals surface area contributed by atoms with Crippen molar-refractivity contribution >= 4 is 27.3 Å². The zero-order valence-electron chi connectivity index (χ0n) is 15.1. The van der Waals surface area contributed by atoms with Gasteiger partial charge in [-0.1, -0.05) is 18.2 Å². The molecule has 0 aromatic heterocycles. The van der Waals surface area contributed by atoms with Gasteiger partial charge in [-0.2, -0.15) is 4.31 Å². The van der Waals surface area contributed by atoms with Gasteiger partial charge in [0.2, 0.25) is 15.9 Å². The van der Waals surface area contributed by atoms with E-state index >= 15 is 0 Å². The van der Waals surface area contributed by atoms with E-state index < -0.39 is 10.0 Å². The van der Waals surface area contributed by atoms with Crippen LogP contribution in [0.5, 0.6) is 5.75 Å². The average Bonchev–Trinajstić information content (AvgIpc) is 3.23. The van der Waals surface area contributed by atoms with E-state index in [1.54, 1.807) is 42.5 Å². The van der Waals surface area contributed by atoms with Crippen LogP contribution < -0.4 is 15.4 Å². The SMILES string of the molecule is COc1ccccc1NC(=O)CNc1cccc(S(=O)(=O)N2CCCC2)c1. The Morgan fingerprint density at radius 1 is 1.11 bits per heavy atom. The maximum Gasteiger partial charge on any atom is 0.243 e. The first kappa shape index (κ1) is 19.2. The van der Waals surface area contributed by atoms with Gasteiger partial charge >= 0.3 is 0 Å². The molecule has 2 aromatic carbocycles. The Hall–Kier alpha value is -2.58. The minimum atomic E-state index is -3.48. The van der Waals surface area contributed by atoms with Crippen LogP contribution in [-0.4, -0.2) is 45.4 Å². The largest absolute Gasteiger partial charge is 0.495 e. The van der Waals surface area contributed by atoms with Crippen LogP contribution in [0.25, 0.3) is 0 Å². The molecule has 144 valence electrons.